The second kappa shape index (κ2) is 9.53. The minimum absolute atomic E-state index is 0.0109. The topological polar surface area (TPSA) is 89.5 Å². The maximum atomic E-state index is 12.5. The molecule has 2 fully saturated rings. The standard InChI is InChI=1S/C19H33NO5/c1-12(2)11-23-17-13(3)24-19(22)15(20)9-6-10-16(17)25-18(21)14-7-4-5-8-14/h12-17H,4-11,20H2,1-3H3/p+1/t13-,15-,16-,17-/m0/s1. The van der Waals surface area contributed by atoms with Crippen molar-refractivity contribution in [2.45, 2.75) is 90.1 Å². The maximum Gasteiger partial charge on any atom is 0.365 e. The highest BCUT2D eigenvalue weighted by Gasteiger charge is 2.38. The average Bonchev–Trinajstić information content (AvgIpc) is 3.08. The molecule has 1 heterocycles. The number of rotatable bonds is 5. The van der Waals surface area contributed by atoms with E-state index in [1.807, 2.05) is 6.92 Å². The summed E-state index contributed by atoms with van der Waals surface area (Å²) in [6.07, 6.45) is 4.82. The number of cyclic esters (lactones) is 1. The van der Waals surface area contributed by atoms with Gasteiger partial charge in [0.25, 0.3) is 0 Å². The monoisotopic (exact) mass is 356 g/mol. The van der Waals surface area contributed by atoms with Crippen molar-refractivity contribution in [3.05, 3.63) is 0 Å². The van der Waals surface area contributed by atoms with Crippen LogP contribution in [0.1, 0.15) is 65.7 Å². The highest BCUT2D eigenvalue weighted by atomic mass is 16.6. The molecule has 6 heteroatoms. The van der Waals surface area contributed by atoms with E-state index in [1.54, 1.807) is 0 Å². The fraction of sp³-hybridized carbons (Fsp3) is 0.895. The van der Waals surface area contributed by atoms with Gasteiger partial charge in [-0.05, 0) is 38.5 Å². The first-order chi connectivity index (χ1) is 11.9. The van der Waals surface area contributed by atoms with Crippen molar-refractivity contribution in [1.29, 1.82) is 0 Å². The number of hydrogen-bond donors (Lipinski definition) is 1. The van der Waals surface area contributed by atoms with Crippen molar-refractivity contribution in [1.82, 2.24) is 0 Å². The predicted octanol–water partition coefficient (Wildman–Crippen LogP) is 1.86. The van der Waals surface area contributed by atoms with E-state index in [4.69, 9.17) is 14.2 Å². The van der Waals surface area contributed by atoms with Crippen LogP contribution in [-0.4, -0.2) is 42.9 Å². The van der Waals surface area contributed by atoms with Crippen LogP contribution in [0.2, 0.25) is 0 Å². The normalized spacial score (nSPS) is 32.0. The van der Waals surface area contributed by atoms with E-state index < -0.39 is 12.2 Å². The number of esters is 2. The number of carbonyl (C=O) groups excluding carboxylic acids is 2. The van der Waals surface area contributed by atoms with Gasteiger partial charge in [0.05, 0.1) is 5.92 Å². The molecule has 4 atom stereocenters. The fourth-order valence-corrected chi connectivity index (χ4v) is 3.58. The molecule has 0 spiro atoms. The Balaban J connectivity index is 2.10. The number of ether oxygens (including phenoxy) is 3. The first-order valence-corrected chi connectivity index (χ1v) is 9.74. The number of quaternary nitrogens is 1. The van der Waals surface area contributed by atoms with Crippen LogP contribution < -0.4 is 5.73 Å². The molecule has 0 aromatic rings. The van der Waals surface area contributed by atoms with Gasteiger partial charge in [0.15, 0.2) is 6.04 Å². The lowest BCUT2D eigenvalue weighted by Gasteiger charge is -2.31. The predicted molar refractivity (Wildman–Crippen MR) is 92.5 cm³/mol. The third kappa shape index (κ3) is 5.96. The van der Waals surface area contributed by atoms with Crippen molar-refractivity contribution < 1.29 is 29.5 Å². The summed E-state index contributed by atoms with van der Waals surface area (Å²) in [6, 6.07) is -0.377. The van der Waals surface area contributed by atoms with Gasteiger partial charge in [0.1, 0.15) is 18.3 Å². The Morgan fingerprint density at radius 1 is 1.20 bits per heavy atom. The molecule has 0 amide bonds. The van der Waals surface area contributed by atoms with Gasteiger partial charge in [0, 0.05) is 13.0 Å². The molecule has 0 aromatic carbocycles. The van der Waals surface area contributed by atoms with E-state index >= 15 is 0 Å². The van der Waals surface area contributed by atoms with Crippen LogP contribution in [-0.2, 0) is 23.8 Å². The second-order valence-corrected chi connectivity index (χ2v) is 7.92. The van der Waals surface area contributed by atoms with E-state index in [9.17, 15) is 9.59 Å². The van der Waals surface area contributed by atoms with E-state index in [2.05, 4.69) is 19.6 Å². The van der Waals surface area contributed by atoms with Crippen LogP contribution in [0.4, 0.5) is 0 Å². The lowest BCUT2D eigenvalue weighted by molar-refractivity contribution is -0.410. The molecule has 0 bridgehead atoms. The third-order valence-electron chi connectivity index (χ3n) is 5.08. The van der Waals surface area contributed by atoms with Gasteiger partial charge < -0.3 is 19.9 Å². The molecule has 0 unspecified atom stereocenters. The Labute approximate surface area is 150 Å². The van der Waals surface area contributed by atoms with Crippen molar-refractivity contribution >= 4 is 11.9 Å². The molecular weight excluding hydrogens is 322 g/mol. The Hall–Kier alpha value is -1.14. The van der Waals surface area contributed by atoms with Gasteiger partial charge in [-0.15, -0.1) is 0 Å². The summed E-state index contributed by atoms with van der Waals surface area (Å²) in [5, 5.41) is 0. The third-order valence-corrected chi connectivity index (χ3v) is 5.08. The Bertz CT molecular complexity index is 447. The summed E-state index contributed by atoms with van der Waals surface area (Å²) in [5.74, 6) is -0.0582. The molecule has 1 aliphatic carbocycles. The molecule has 0 radical (unpaired) electrons. The smallest absolute Gasteiger partial charge is 0.365 e. The van der Waals surface area contributed by atoms with Crippen LogP contribution >= 0.6 is 0 Å². The lowest BCUT2D eigenvalue weighted by atomic mass is 10.0. The minimum Gasteiger partial charge on any atom is -0.459 e. The molecule has 1 saturated heterocycles. The van der Waals surface area contributed by atoms with Gasteiger partial charge in [-0.1, -0.05) is 26.7 Å². The van der Waals surface area contributed by atoms with Gasteiger partial charge in [0.2, 0.25) is 0 Å². The van der Waals surface area contributed by atoms with Crippen LogP contribution in [0.15, 0.2) is 0 Å². The number of carbonyl (C=O) groups is 2. The van der Waals surface area contributed by atoms with Crippen LogP contribution in [0.5, 0.6) is 0 Å². The second-order valence-electron chi connectivity index (χ2n) is 7.92. The zero-order valence-electron chi connectivity index (χ0n) is 15.9. The Morgan fingerprint density at radius 2 is 1.88 bits per heavy atom. The zero-order chi connectivity index (χ0) is 18.4. The Morgan fingerprint density at radius 3 is 2.52 bits per heavy atom. The van der Waals surface area contributed by atoms with Crippen molar-refractivity contribution in [2.75, 3.05) is 6.61 Å². The highest BCUT2D eigenvalue weighted by molar-refractivity contribution is 5.74. The van der Waals surface area contributed by atoms with Crippen LogP contribution in [0.25, 0.3) is 0 Å². The molecule has 144 valence electrons. The van der Waals surface area contributed by atoms with Crippen molar-refractivity contribution in [2.24, 2.45) is 11.8 Å². The zero-order valence-corrected chi connectivity index (χ0v) is 15.9. The summed E-state index contributed by atoms with van der Waals surface area (Å²) in [4.78, 5) is 24.6. The molecule has 25 heavy (non-hydrogen) atoms. The van der Waals surface area contributed by atoms with E-state index in [0.717, 1.165) is 32.1 Å². The van der Waals surface area contributed by atoms with Gasteiger partial charge in [-0.25, -0.2) is 4.79 Å². The lowest BCUT2D eigenvalue weighted by Crippen LogP contribution is -2.65. The van der Waals surface area contributed by atoms with Gasteiger partial charge in [-0.2, -0.15) is 0 Å². The first-order valence-electron chi connectivity index (χ1n) is 9.74. The van der Waals surface area contributed by atoms with Crippen molar-refractivity contribution in [3.8, 4) is 0 Å². The highest BCUT2D eigenvalue weighted by Crippen LogP contribution is 2.28. The summed E-state index contributed by atoms with van der Waals surface area (Å²) in [6.45, 7) is 6.49. The largest absolute Gasteiger partial charge is 0.459 e. The van der Waals surface area contributed by atoms with Crippen LogP contribution in [0.3, 0.4) is 0 Å². The van der Waals surface area contributed by atoms with Gasteiger partial charge >= 0.3 is 11.9 Å². The summed E-state index contributed by atoms with van der Waals surface area (Å²) in [7, 11) is 0. The van der Waals surface area contributed by atoms with Crippen LogP contribution in [0, 0.1) is 11.8 Å². The summed E-state index contributed by atoms with van der Waals surface area (Å²) >= 11 is 0. The maximum absolute atomic E-state index is 12.5. The molecule has 6 nitrogen and oxygen atoms in total. The average molecular weight is 356 g/mol. The molecule has 2 rings (SSSR count). The summed E-state index contributed by atoms with van der Waals surface area (Å²) in [5.41, 5.74) is 3.88. The fourth-order valence-electron chi connectivity index (χ4n) is 3.58. The minimum atomic E-state index is -0.463. The van der Waals surface area contributed by atoms with E-state index in [1.165, 1.54) is 0 Å². The molecule has 3 N–H and O–H groups in total. The molecule has 0 aromatic heterocycles. The quantitative estimate of drug-likeness (QED) is 0.760. The first kappa shape index (κ1) is 20.2. The van der Waals surface area contributed by atoms with Gasteiger partial charge in [-0.3, -0.25) is 4.79 Å². The van der Waals surface area contributed by atoms with Crippen molar-refractivity contribution in [3.63, 3.8) is 0 Å². The molecule has 1 saturated carbocycles. The molecular formula is C19H34NO5+. The SMILES string of the molecule is CC(C)CO[C@H]1[C@H](C)OC(=O)[C@@H]([NH3+])CCC[C@@H]1OC(=O)C1CCCC1. The number of hydrogen-bond acceptors (Lipinski definition) is 5. The van der Waals surface area contributed by atoms with E-state index in [0.29, 0.717) is 25.4 Å². The summed E-state index contributed by atoms with van der Waals surface area (Å²) < 4.78 is 17.5. The Kier molecular flexibility index (Phi) is 7.69. The molecule has 2 aliphatic rings. The molecule has 1 aliphatic heterocycles. The van der Waals surface area contributed by atoms with E-state index in [-0.39, 0.29) is 30.0 Å².